The molecule has 4 saturated heterocycles. The van der Waals surface area contributed by atoms with E-state index >= 15 is 0 Å². The Labute approximate surface area is 148 Å². The minimum Gasteiger partial charge on any atom is -0.380 e. The molecular weight excluding hydrogens is 298 g/mol. The molecule has 2 unspecified atom stereocenters. The highest BCUT2D eigenvalue weighted by molar-refractivity contribution is 4.97. The van der Waals surface area contributed by atoms with E-state index in [1.807, 2.05) is 0 Å². The molecule has 2 atom stereocenters. The molecule has 4 heterocycles. The van der Waals surface area contributed by atoms with Crippen molar-refractivity contribution in [3.8, 4) is 0 Å². The van der Waals surface area contributed by atoms with Crippen LogP contribution in [-0.2, 0) is 4.74 Å². The van der Waals surface area contributed by atoms with E-state index in [2.05, 4.69) is 29.0 Å². The Bertz CT molecular complexity index is 373. The van der Waals surface area contributed by atoms with Gasteiger partial charge < -0.3 is 19.9 Å². The summed E-state index contributed by atoms with van der Waals surface area (Å²) >= 11 is 0. The van der Waals surface area contributed by atoms with Crippen LogP contribution in [0.25, 0.3) is 0 Å². The second-order valence-electron chi connectivity index (χ2n) is 9.44. The van der Waals surface area contributed by atoms with Crippen LogP contribution in [0.15, 0.2) is 0 Å². The van der Waals surface area contributed by atoms with Crippen LogP contribution in [0.3, 0.4) is 0 Å². The van der Waals surface area contributed by atoms with Crippen LogP contribution in [0.1, 0.15) is 52.4 Å². The molecule has 138 valence electrons. The molecule has 0 aromatic rings. The molecule has 0 amide bonds. The molecule has 4 aliphatic rings. The van der Waals surface area contributed by atoms with Crippen LogP contribution in [0.5, 0.6) is 0 Å². The molecule has 24 heavy (non-hydrogen) atoms. The van der Waals surface area contributed by atoms with Crippen molar-refractivity contribution in [1.29, 1.82) is 0 Å². The van der Waals surface area contributed by atoms with Crippen molar-refractivity contribution < 1.29 is 4.74 Å². The fourth-order valence-corrected chi connectivity index (χ4v) is 5.24. The lowest BCUT2D eigenvalue weighted by molar-refractivity contribution is -0.142. The van der Waals surface area contributed by atoms with Gasteiger partial charge >= 0.3 is 0 Å². The highest BCUT2D eigenvalue weighted by Gasteiger charge is 2.42. The molecular formula is C20H37N3O. The molecule has 0 aromatic carbocycles. The van der Waals surface area contributed by atoms with E-state index < -0.39 is 0 Å². The number of ether oxygens (including phenoxy) is 1. The number of hydrogen-bond acceptors (Lipinski definition) is 4. The summed E-state index contributed by atoms with van der Waals surface area (Å²) in [6, 6.07) is 1.51. The molecule has 4 rings (SSSR count). The molecule has 0 aliphatic carbocycles. The van der Waals surface area contributed by atoms with Gasteiger partial charge in [-0.05, 0) is 84.0 Å². The summed E-state index contributed by atoms with van der Waals surface area (Å²) < 4.78 is 5.46. The first kappa shape index (κ1) is 17.3. The predicted octanol–water partition coefficient (Wildman–Crippen LogP) is 2.34. The Morgan fingerprint density at radius 2 is 1.25 bits per heavy atom. The zero-order valence-electron chi connectivity index (χ0n) is 15.9. The van der Waals surface area contributed by atoms with Crippen LogP contribution in [0, 0.1) is 10.8 Å². The standard InChI is InChI=1S/C20H37N3O/c1-17(22-9-5-19(6-10-22)13-21-14-19)3-4-18(2)23-11-7-20(8-12-23)15-24-16-20/h17-18,21H,3-16H2,1-2H3. The van der Waals surface area contributed by atoms with Crippen molar-refractivity contribution in [3.63, 3.8) is 0 Å². The third-order valence-electron chi connectivity index (χ3n) is 7.78. The fourth-order valence-electron chi connectivity index (χ4n) is 5.24. The largest absolute Gasteiger partial charge is 0.380 e. The zero-order valence-corrected chi connectivity index (χ0v) is 15.9. The highest BCUT2D eigenvalue weighted by Crippen LogP contribution is 2.39. The van der Waals surface area contributed by atoms with Crippen molar-refractivity contribution >= 4 is 0 Å². The van der Waals surface area contributed by atoms with Gasteiger partial charge in [-0.3, -0.25) is 0 Å². The SMILES string of the molecule is CC(CCC(C)N1CCC2(CC1)COC2)N1CCC2(CC1)CNC2. The average molecular weight is 336 g/mol. The molecule has 0 bridgehead atoms. The average Bonchev–Trinajstić information content (AvgIpc) is 2.57. The van der Waals surface area contributed by atoms with Crippen molar-refractivity contribution in [2.45, 2.75) is 64.5 Å². The fraction of sp³-hybridized carbons (Fsp3) is 1.00. The maximum atomic E-state index is 5.46. The van der Waals surface area contributed by atoms with Gasteiger partial charge in [-0.2, -0.15) is 0 Å². The van der Waals surface area contributed by atoms with Crippen molar-refractivity contribution in [1.82, 2.24) is 15.1 Å². The summed E-state index contributed by atoms with van der Waals surface area (Å²) in [6.45, 7) is 14.7. The first-order chi connectivity index (χ1) is 11.6. The summed E-state index contributed by atoms with van der Waals surface area (Å²) in [5, 5.41) is 3.47. The number of nitrogens with zero attached hydrogens (tertiary/aromatic N) is 2. The minimum atomic E-state index is 0.573. The quantitative estimate of drug-likeness (QED) is 0.835. The van der Waals surface area contributed by atoms with Crippen LogP contribution < -0.4 is 5.32 Å². The molecule has 2 spiro atoms. The van der Waals surface area contributed by atoms with Crippen molar-refractivity contribution in [2.75, 3.05) is 52.5 Å². The lowest BCUT2D eigenvalue weighted by Crippen LogP contribution is -2.59. The summed E-state index contributed by atoms with van der Waals surface area (Å²) in [5.41, 5.74) is 1.25. The van der Waals surface area contributed by atoms with Gasteiger partial charge in [0.05, 0.1) is 13.2 Å². The van der Waals surface area contributed by atoms with Crippen LogP contribution >= 0.6 is 0 Å². The second kappa shape index (κ2) is 6.86. The van der Waals surface area contributed by atoms with Gasteiger partial charge in [0, 0.05) is 30.6 Å². The molecule has 4 nitrogen and oxygen atoms in total. The Morgan fingerprint density at radius 1 is 0.792 bits per heavy atom. The second-order valence-corrected chi connectivity index (χ2v) is 9.44. The van der Waals surface area contributed by atoms with Gasteiger partial charge in [0.1, 0.15) is 0 Å². The maximum absolute atomic E-state index is 5.46. The third kappa shape index (κ3) is 3.40. The number of rotatable bonds is 5. The Balaban J connectivity index is 1.16. The van der Waals surface area contributed by atoms with Crippen LogP contribution in [0.4, 0.5) is 0 Å². The van der Waals surface area contributed by atoms with Gasteiger partial charge in [-0.15, -0.1) is 0 Å². The Kier molecular flexibility index (Phi) is 4.94. The van der Waals surface area contributed by atoms with Gasteiger partial charge in [-0.25, -0.2) is 0 Å². The topological polar surface area (TPSA) is 27.7 Å². The lowest BCUT2D eigenvalue weighted by Gasteiger charge is -2.50. The third-order valence-corrected chi connectivity index (χ3v) is 7.78. The van der Waals surface area contributed by atoms with E-state index in [1.54, 1.807) is 0 Å². The molecule has 0 aromatic heterocycles. The first-order valence-electron chi connectivity index (χ1n) is 10.4. The number of nitrogens with one attached hydrogen (secondary N) is 1. The van der Waals surface area contributed by atoms with E-state index in [0.717, 1.165) is 25.3 Å². The van der Waals surface area contributed by atoms with Gasteiger partial charge in [0.15, 0.2) is 0 Å². The maximum Gasteiger partial charge on any atom is 0.0545 e. The normalized spacial score (nSPS) is 32.2. The van der Waals surface area contributed by atoms with E-state index in [1.165, 1.54) is 77.8 Å². The van der Waals surface area contributed by atoms with Gasteiger partial charge in [-0.1, -0.05) is 0 Å². The number of likely N-dealkylation sites (tertiary alicyclic amines) is 2. The summed E-state index contributed by atoms with van der Waals surface area (Å²) in [4.78, 5) is 5.49. The zero-order chi connectivity index (χ0) is 16.6. The summed E-state index contributed by atoms with van der Waals surface area (Å²) in [7, 11) is 0. The molecule has 1 N–H and O–H groups in total. The molecule has 0 saturated carbocycles. The summed E-state index contributed by atoms with van der Waals surface area (Å²) in [5.74, 6) is 0. The lowest BCUT2D eigenvalue weighted by atomic mass is 9.73. The van der Waals surface area contributed by atoms with E-state index in [0.29, 0.717) is 10.8 Å². The Morgan fingerprint density at radius 3 is 1.58 bits per heavy atom. The van der Waals surface area contributed by atoms with E-state index in [4.69, 9.17) is 4.74 Å². The van der Waals surface area contributed by atoms with Crippen molar-refractivity contribution in [2.24, 2.45) is 10.8 Å². The highest BCUT2D eigenvalue weighted by atomic mass is 16.5. The Hall–Kier alpha value is -0.160. The van der Waals surface area contributed by atoms with Gasteiger partial charge in [0.25, 0.3) is 0 Å². The number of hydrogen-bond donors (Lipinski definition) is 1. The van der Waals surface area contributed by atoms with Gasteiger partial charge in [0.2, 0.25) is 0 Å². The van der Waals surface area contributed by atoms with Crippen LogP contribution in [0.2, 0.25) is 0 Å². The molecule has 4 fully saturated rings. The molecule has 0 radical (unpaired) electrons. The van der Waals surface area contributed by atoms with E-state index in [-0.39, 0.29) is 0 Å². The predicted molar refractivity (Wildman–Crippen MR) is 98.3 cm³/mol. The monoisotopic (exact) mass is 335 g/mol. The number of piperidine rings is 2. The van der Waals surface area contributed by atoms with E-state index in [9.17, 15) is 0 Å². The van der Waals surface area contributed by atoms with Crippen molar-refractivity contribution in [3.05, 3.63) is 0 Å². The van der Waals surface area contributed by atoms with Crippen LogP contribution in [-0.4, -0.2) is 74.4 Å². The smallest absolute Gasteiger partial charge is 0.0545 e. The first-order valence-corrected chi connectivity index (χ1v) is 10.4. The summed E-state index contributed by atoms with van der Waals surface area (Å²) in [6.07, 6.45) is 8.25. The molecule has 4 aliphatic heterocycles. The molecule has 4 heteroatoms. The minimum absolute atomic E-state index is 0.573.